The molecule has 1 aromatic rings. The highest BCUT2D eigenvalue weighted by Gasteiger charge is 2.36. The number of alkyl halides is 3. The minimum Gasteiger partial charge on any atom is -0.493 e. The molecule has 1 aliphatic rings. The summed E-state index contributed by atoms with van der Waals surface area (Å²) < 4.78 is 65.3. The summed E-state index contributed by atoms with van der Waals surface area (Å²) in [5, 5.41) is 2.67. The van der Waals surface area contributed by atoms with Crippen LogP contribution in [0.3, 0.4) is 0 Å². The Kier molecular flexibility index (Phi) is 14.3. The van der Waals surface area contributed by atoms with Crippen molar-refractivity contribution < 1.29 is 51.2 Å². The summed E-state index contributed by atoms with van der Waals surface area (Å²) in [6.07, 6.45) is -1.33. The first-order valence-electron chi connectivity index (χ1n) is 14.4. The maximum Gasteiger partial charge on any atom is 0.389 e. The standard InChI is InChI=1S/C29H43F3N2O8/c1-6-7-10-20-11-8-12-21(28(37)42-19(4)24(20)39-16-9-14-29(30,31)32)34-26(35)23-25(22(38-5)13-15-33-23)40-17-41-27(36)18(2)3/h13,15,18-21,24H,6-12,14,16-17H2,1-5H3,(H,34,35). The van der Waals surface area contributed by atoms with Gasteiger partial charge in [-0.3, -0.25) is 9.59 Å². The minimum atomic E-state index is -4.27. The Morgan fingerprint density at radius 2 is 1.95 bits per heavy atom. The summed E-state index contributed by atoms with van der Waals surface area (Å²) >= 11 is 0. The summed E-state index contributed by atoms with van der Waals surface area (Å²) in [6.45, 7) is 6.44. The maximum atomic E-state index is 13.3. The number of esters is 2. The van der Waals surface area contributed by atoms with Crippen molar-refractivity contribution in [1.29, 1.82) is 0 Å². The van der Waals surface area contributed by atoms with E-state index >= 15 is 0 Å². The Bertz CT molecular complexity index is 1020. The lowest BCUT2D eigenvalue weighted by Gasteiger charge is -2.31. The third-order valence-electron chi connectivity index (χ3n) is 6.91. The van der Waals surface area contributed by atoms with Gasteiger partial charge in [0.2, 0.25) is 6.79 Å². The second-order valence-corrected chi connectivity index (χ2v) is 10.6. The lowest BCUT2D eigenvalue weighted by atomic mass is 9.88. The Balaban J connectivity index is 2.16. The van der Waals surface area contributed by atoms with Crippen LogP contribution in [0.1, 0.15) is 89.5 Å². The largest absolute Gasteiger partial charge is 0.493 e. The van der Waals surface area contributed by atoms with Crippen molar-refractivity contribution in [2.24, 2.45) is 11.8 Å². The molecule has 0 radical (unpaired) electrons. The van der Waals surface area contributed by atoms with E-state index in [4.69, 9.17) is 23.7 Å². The van der Waals surface area contributed by atoms with Crippen molar-refractivity contribution in [3.63, 3.8) is 0 Å². The Labute approximate surface area is 245 Å². The number of nitrogens with one attached hydrogen (secondary N) is 1. The second kappa shape index (κ2) is 17.1. The van der Waals surface area contributed by atoms with Gasteiger partial charge in [0.15, 0.2) is 17.2 Å². The van der Waals surface area contributed by atoms with Crippen LogP contribution < -0.4 is 14.8 Å². The second-order valence-electron chi connectivity index (χ2n) is 10.6. The van der Waals surface area contributed by atoms with Gasteiger partial charge in [0, 0.05) is 25.3 Å². The topological polar surface area (TPSA) is 122 Å². The first-order chi connectivity index (χ1) is 19.9. The number of amides is 1. The first kappa shape index (κ1) is 35.1. The van der Waals surface area contributed by atoms with Crippen molar-refractivity contribution in [1.82, 2.24) is 10.3 Å². The summed E-state index contributed by atoms with van der Waals surface area (Å²) in [5.41, 5.74) is -0.178. The molecule has 0 aliphatic carbocycles. The molecule has 0 bridgehead atoms. The molecule has 2 rings (SSSR count). The van der Waals surface area contributed by atoms with E-state index in [1.807, 2.05) is 6.92 Å². The Morgan fingerprint density at radius 1 is 1.21 bits per heavy atom. The van der Waals surface area contributed by atoms with Crippen molar-refractivity contribution >= 4 is 17.8 Å². The normalized spacial score (nSPS) is 21.5. The van der Waals surface area contributed by atoms with Crippen LogP contribution >= 0.6 is 0 Å². The fourth-order valence-electron chi connectivity index (χ4n) is 4.68. The van der Waals surface area contributed by atoms with Gasteiger partial charge in [-0.15, -0.1) is 0 Å². The third kappa shape index (κ3) is 11.3. The summed E-state index contributed by atoms with van der Waals surface area (Å²) in [7, 11) is 1.37. The van der Waals surface area contributed by atoms with Gasteiger partial charge in [-0.25, -0.2) is 9.78 Å². The van der Waals surface area contributed by atoms with E-state index in [-0.39, 0.29) is 48.5 Å². The molecule has 4 unspecified atom stereocenters. The molecule has 10 nitrogen and oxygen atoms in total. The number of rotatable bonds is 14. The lowest BCUT2D eigenvalue weighted by Crippen LogP contribution is -2.44. The smallest absolute Gasteiger partial charge is 0.389 e. The average Bonchev–Trinajstić information content (AvgIpc) is 2.97. The molecule has 1 saturated heterocycles. The van der Waals surface area contributed by atoms with Crippen LogP contribution in [0.15, 0.2) is 12.3 Å². The van der Waals surface area contributed by atoms with Crippen molar-refractivity contribution in [3.05, 3.63) is 18.0 Å². The van der Waals surface area contributed by atoms with E-state index in [1.54, 1.807) is 20.8 Å². The molecule has 1 fully saturated rings. The van der Waals surface area contributed by atoms with Crippen LogP contribution in [0.2, 0.25) is 0 Å². The molecule has 0 saturated carbocycles. The summed E-state index contributed by atoms with van der Waals surface area (Å²) in [6, 6.07) is 0.452. The molecule has 42 heavy (non-hydrogen) atoms. The number of aromatic nitrogens is 1. The number of carbonyl (C=O) groups excluding carboxylic acids is 3. The van der Waals surface area contributed by atoms with Crippen LogP contribution in [0.25, 0.3) is 0 Å². The average molecular weight is 605 g/mol. The van der Waals surface area contributed by atoms with Crippen LogP contribution in [0.4, 0.5) is 13.2 Å². The minimum absolute atomic E-state index is 0.0262. The number of cyclic esters (lactones) is 1. The highest BCUT2D eigenvalue weighted by Crippen LogP contribution is 2.31. The van der Waals surface area contributed by atoms with Crippen LogP contribution in [-0.4, -0.2) is 67.8 Å². The monoisotopic (exact) mass is 604 g/mol. The number of nitrogens with zero attached hydrogens (tertiary/aromatic N) is 1. The number of hydrogen-bond acceptors (Lipinski definition) is 9. The zero-order valence-corrected chi connectivity index (χ0v) is 25.0. The van der Waals surface area contributed by atoms with Gasteiger partial charge in [0.05, 0.1) is 19.1 Å². The van der Waals surface area contributed by atoms with Gasteiger partial charge >= 0.3 is 18.1 Å². The summed E-state index contributed by atoms with van der Waals surface area (Å²) in [4.78, 5) is 42.4. The van der Waals surface area contributed by atoms with E-state index in [1.165, 1.54) is 19.4 Å². The molecule has 2 heterocycles. The number of hydrogen-bond donors (Lipinski definition) is 1. The molecular formula is C29H43F3N2O8. The van der Waals surface area contributed by atoms with E-state index in [2.05, 4.69) is 10.3 Å². The van der Waals surface area contributed by atoms with Gasteiger partial charge in [0.1, 0.15) is 12.1 Å². The molecule has 1 N–H and O–H groups in total. The van der Waals surface area contributed by atoms with Crippen molar-refractivity contribution in [3.8, 4) is 11.5 Å². The van der Waals surface area contributed by atoms with Gasteiger partial charge in [-0.2, -0.15) is 13.2 Å². The van der Waals surface area contributed by atoms with E-state index < -0.39 is 55.5 Å². The quantitative estimate of drug-likeness (QED) is 0.170. The van der Waals surface area contributed by atoms with Gasteiger partial charge in [-0.1, -0.05) is 40.0 Å². The number of pyridine rings is 1. The highest BCUT2D eigenvalue weighted by atomic mass is 19.4. The first-order valence-corrected chi connectivity index (χ1v) is 14.4. The van der Waals surface area contributed by atoms with Gasteiger partial charge in [0.25, 0.3) is 5.91 Å². The highest BCUT2D eigenvalue weighted by molar-refractivity contribution is 5.98. The lowest BCUT2D eigenvalue weighted by molar-refractivity contribution is -0.162. The third-order valence-corrected chi connectivity index (χ3v) is 6.91. The predicted octanol–water partition coefficient (Wildman–Crippen LogP) is 5.37. The fraction of sp³-hybridized carbons (Fsp3) is 0.724. The number of ether oxygens (including phenoxy) is 5. The number of halogens is 3. The maximum absolute atomic E-state index is 13.3. The Hall–Kier alpha value is -3.09. The van der Waals surface area contributed by atoms with Crippen LogP contribution in [0.5, 0.6) is 11.5 Å². The number of methoxy groups -OCH3 is 1. The molecule has 13 heteroatoms. The molecule has 0 aromatic carbocycles. The predicted molar refractivity (Wildman–Crippen MR) is 146 cm³/mol. The molecule has 1 aromatic heterocycles. The van der Waals surface area contributed by atoms with Crippen LogP contribution in [0, 0.1) is 11.8 Å². The zero-order chi connectivity index (χ0) is 31.3. The molecular weight excluding hydrogens is 561 g/mol. The molecule has 0 spiro atoms. The number of unbranched alkanes of at least 4 members (excludes halogenated alkanes) is 1. The summed E-state index contributed by atoms with van der Waals surface area (Å²) in [5.74, 6) is -2.21. The number of carbonyl (C=O) groups is 3. The molecule has 1 amide bonds. The van der Waals surface area contributed by atoms with Crippen molar-refractivity contribution in [2.75, 3.05) is 20.5 Å². The fourth-order valence-corrected chi connectivity index (χ4v) is 4.68. The van der Waals surface area contributed by atoms with E-state index in [0.717, 1.165) is 19.3 Å². The SMILES string of the molecule is CCCCC1CCCC(NC(=O)c2nccc(OC)c2OCOC(=O)C(C)C)C(=O)OC(C)C1OCCCC(F)(F)F. The van der Waals surface area contributed by atoms with Crippen LogP contribution in [-0.2, 0) is 23.8 Å². The van der Waals surface area contributed by atoms with E-state index in [9.17, 15) is 27.6 Å². The van der Waals surface area contributed by atoms with Crippen molar-refractivity contribution in [2.45, 2.75) is 103 Å². The molecule has 1 aliphatic heterocycles. The van der Waals surface area contributed by atoms with E-state index in [0.29, 0.717) is 12.8 Å². The molecule has 4 atom stereocenters. The molecule has 238 valence electrons. The Morgan fingerprint density at radius 3 is 2.60 bits per heavy atom. The zero-order valence-electron chi connectivity index (χ0n) is 25.0. The van der Waals surface area contributed by atoms with Gasteiger partial charge in [-0.05, 0) is 38.5 Å². The van der Waals surface area contributed by atoms with Gasteiger partial charge < -0.3 is 29.0 Å².